The van der Waals surface area contributed by atoms with E-state index in [9.17, 15) is 18.0 Å². The van der Waals surface area contributed by atoms with Crippen molar-refractivity contribution in [3.8, 4) is 0 Å². The van der Waals surface area contributed by atoms with Gasteiger partial charge in [-0.05, 0) is 19.9 Å². The number of carbonyl (C=O) groups excluding carboxylic acids is 1. The second kappa shape index (κ2) is 7.49. The van der Waals surface area contributed by atoms with Gasteiger partial charge in [0.2, 0.25) is 5.91 Å². The summed E-state index contributed by atoms with van der Waals surface area (Å²) in [5.74, 6) is -0.283. The third-order valence-corrected chi connectivity index (χ3v) is 2.14. The van der Waals surface area contributed by atoms with Crippen LogP contribution in [0.3, 0.4) is 0 Å². The molecule has 0 aromatic rings. The maximum absolute atomic E-state index is 11.8. The van der Waals surface area contributed by atoms with E-state index >= 15 is 0 Å². The number of alkyl halides is 3. The van der Waals surface area contributed by atoms with Crippen molar-refractivity contribution in [3.63, 3.8) is 0 Å². The molecule has 0 aliphatic carbocycles. The van der Waals surface area contributed by atoms with Gasteiger partial charge in [-0.25, -0.2) is 0 Å². The van der Waals surface area contributed by atoms with Gasteiger partial charge < -0.3 is 10.6 Å². The van der Waals surface area contributed by atoms with Crippen molar-refractivity contribution in [2.45, 2.75) is 32.4 Å². The van der Waals surface area contributed by atoms with E-state index in [0.29, 0.717) is 19.5 Å². The van der Waals surface area contributed by atoms with Gasteiger partial charge in [0.1, 0.15) is 0 Å². The SMILES string of the molecule is CNCC(C)C(=O)NCCCCC(F)(F)F. The van der Waals surface area contributed by atoms with Crippen molar-refractivity contribution in [1.82, 2.24) is 10.6 Å². The molecule has 0 saturated carbocycles. The Kier molecular flexibility index (Phi) is 7.12. The Hall–Kier alpha value is -0.780. The summed E-state index contributed by atoms with van der Waals surface area (Å²) in [5, 5.41) is 5.47. The van der Waals surface area contributed by atoms with E-state index in [4.69, 9.17) is 0 Å². The lowest BCUT2D eigenvalue weighted by Crippen LogP contribution is -2.34. The first-order chi connectivity index (χ1) is 7.37. The molecule has 2 N–H and O–H groups in total. The molecule has 0 bridgehead atoms. The Morgan fingerprint density at radius 3 is 2.44 bits per heavy atom. The summed E-state index contributed by atoms with van der Waals surface area (Å²) in [6.45, 7) is 2.64. The standard InChI is InChI=1S/C10H19F3N2O/c1-8(7-14-2)9(16)15-6-4-3-5-10(11,12)13/h8,14H,3-7H2,1-2H3,(H,15,16). The quantitative estimate of drug-likeness (QED) is 0.665. The van der Waals surface area contributed by atoms with Crippen LogP contribution in [-0.4, -0.2) is 32.2 Å². The lowest BCUT2D eigenvalue weighted by molar-refractivity contribution is -0.135. The van der Waals surface area contributed by atoms with Gasteiger partial charge in [0.25, 0.3) is 0 Å². The molecular formula is C10H19F3N2O. The Morgan fingerprint density at radius 2 is 1.94 bits per heavy atom. The number of nitrogens with one attached hydrogen (secondary N) is 2. The summed E-state index contributed by atoms with van der Waals surface area (Å²) in [6.07, 6.45) is -4.46. The fourth-order valence-corrected chi connectivity index (χ4v) is 1.24. The lowest BCUT2D eigenvalue weighted by atomic mass is 10.1. The molecule has 0 saturated heterocycles. The number of amides is 1. The summed E-state index contributed by atoms with van der Waals surface area (Å²) < 4.78 is 35.3. The first kappa shape index (κ1) is 15.2. The van der Waals surface area contributed by atoms with E-state index < -0.39 is 12.6 Å². The molecule has 1 amide bonds. The molecule has 96 valence electrons. The molecule has 0 aliphatic rings. The van der Waals surface area contributed by atoms with Gasteiger partial charge in [-0.2, -0.15) is 13.2 Å². The Morgan fingerprint density at radius 1 is 1.31 bits per heavy atom. The highest BCUT2D eigenvalue weighted by Crippen LogP contribution is 2.21. The summed E-state index contributed by atoms with van der Waals surface area (Å²) in [4.78, 5) is 11.3. The molecule has 0 aliphatic heterocycles. The molecule has 0 radical (unpaired) electrons. The van der Waals surface area contributed by atoms with Crippen molar-refractivity contribution < 1.29 is 18.0 Å². The number of unbranched alkanes of at least 4 members (excludes halogenated alkanes) is 1. The molecule has 6 heteroatoms. The predicted octanol–water partition coefficient (Wildman–Crippen LogP) is 1.69. The van der Waals surface area contributed by atoms with Crippen LogP contribution < -0.4 is 10.6 Å². The molecule has 0 aromatic heterocycles. The second-order valence-electron chi connectivity index (χ2n) is 3.82. The van der Waals surface area contributed by atoms with E-state index in [-0.39, 0.29) is 18.2 Å². The van der Waals surface area contributed by atoms with E-state index in [1.807, 2.05) is 0 Å². The minimum atomic E-state index is -4.09. The van der Waals surface area contributed by atoms with Crippen molar-refractivity contribution in [2.24, 2.45) is 5.92 Å². The summed E-state index contributed by atoms with van der Waals surface area (Å²) in [6, 6.07) is 0. The molecule has 0 fully saturated rings. The van der Waals surface area contributed by atoms with Gasteiger partial charge in [-0.1, -0.05) is 6.92 Å². The molecule has 0 heterocycles. The number of hydrogen-bond donors (Lipinski definition) is 2. The van der Waals surface area contributed by atoms with Crippen LogP contribution >= 0.6 is 0 Å². The van der Waals surface area contributed by atoms with Crippen molar-refractivity contribution in [2.75, 3.05) is 20.1 Å². The van der Waals surface area contributed by atoms with Crippen LogP contribution in [0.1, 0.15) is 26.2 Å². The minimum absolute atomic E-state index is 0.0597. The van der Waals surface area contributed by atoms with Crippen molar-refractivity contribution in [1.29, 1.82) is 0 Å². The van der Waals surface area contributed by atoms with Crippen molar-refractivity contribution >= 4 is 5.91 Å². The zero-order valence-corrected chi connectivity index (χ0v) is 9.66. The highest BCUT2D eigenvalue weighted by Gasteiger charge is 2.25. The molecule has 16 heavy (non-hydrogen) atoms. The zero-order valence-electron chi connectivity index (χ0n) is 9.66. The van der Waals surface area contributed by atoms with Gasteiger partial charge in [0, 0.05) is 25.4 Å². The van der Waals surface area contributed by atoms with Crippen LogP contribution in [0.15, 0.2) is 0 Å². The van der Waals surface area contributed by atoms with E-state index in [2.05, 4.69) is 10.6 Å². The largest absolute Gasteiger partial charge is 0.389 e. The molecular weight excluding hydrogens is 221 g/mol. The highest BCUT2D eigenvalue weighted by molar-refractivity contribution is 5.78. The van der Waals surface area contributed by atoms with Crippen LogP contribution in [0.4, 0.5) is 13.2 Å². The summed E-state index contributed by atoms with van der Waals surface area (Å²) in [5.41, 5.74) is 0. The minimum Gasteiger partial charge on any atom is -0.356 e. The number of rotatable bonds is 7. The summed E-state index contributed by atoms with van der Waals surface area (Å²) in [7, 11) is 1.74. The fraction of sp³-hybridized carbons (Fsp3) is 0.900. The van der Waals surface area contributed by atoms with Gasteiger partial charge in [-0.3, -0.25) is 4.79 Å². The molecule has 0 spiro atoms. The lowest BCUT2D eigenvalue weighted by Gasteiger charge is -2.11. The van der Waals surface area contributed by atoms with E-state index in [0.717, 1.165) is 0 Å². The van der Waals surface area contributed by atoms with Gasteiger partial charge in [0.15, 0.2) is 0 Å². The van der Waals surface area contributed by atoms with Gasteiger partial charge in [-0.15, -0.1) is 0 Å². The first-order valence-electron chi connectivity index (χ1n) is 5.36. The Balaban J connectivity index is 3.48. The predicted molar refractivity (Wildman–Crippen MR) is 56.0 cm³/mol. The van der Waals surface area contributed by atoms with Gasteiger partial charge >= 0.3 is 6.18 Å². The molecule has 1 atom stereocenters. The average Bonchev–Trinajstić information content (AvgIpc) is 2.15. The molecule has 0 rings (SSSR count). The average molecular weight is 240 g/mol. The maximum atomic E-state index is 11.8. The number of halogens is 3. The van der Waals surface area contributed by atoms with Crippen molar-refractivity contribution in [3.05, 3.63) is 0 Å². The first-order valence-corrected chi connectivity index (χ1v) is 5.36. The monoisotopic (exact) mass is 240 g/mol. The fourth-order valence-electron chi connectivity index (χ4n) is 1.24. The number of hydrogen-bond acceptors (Lipinski definition) is 2. The molecule has 3 nitrogen and oxygen atoms in total. The molecule has 0 aromatic carbocycles. The molecule has 1 unspecified atom stereocenters. The smallest absolute Gasteiger partial charge is 0.356 e. The second-order valence-corrected chi connectivity index (χ2v) is 3.82. The van der Waals surface area contributed by atoms with Crippen LogP contribution in [0.5, 0.6) is 0 Å². The maximum Gasteiger partial charge on any atom is 0.389 e. The van der Waals surface area contributed by atoms with Gasteiger partial charge in [0.05, 0.1) is 0 Å². The summed E-state index contributed by atoms with van der Waals surface area (Å²) >= 11 is 0. The highest BCUT2D eigenvalue weighted by atomic mass is 19.4. The Labute approximate surface area is 93.8 Å². The topological polar surface area (TPSA) is 41.1 Å². The third-order valence-electron chi connectivity index (χ3n) is 2.14. The third kappa shape index (κ3) is 8.52. The van der Waals surface area contributed by atoms with E-state index in [1.165, 1.54) is 0 Å². The number of carbonyl (C=O) groups is 1. The van der Waals surface area contributed by atoms with Crippen LogP contribution in [0.2, 0.25) is 0 Å². The van der Waals surface area contributed by atoms with E-state index in [1.54, 1.807) is 14.0 Å². The van der Waals surface area contributed by atoms with Crippen LogP contribution in [0, 0.1) is 5.92 Å². The van der Waals surface area contributed by atoms with Crippen LogP contribution in [-0.2, 0) is 4.79 Å². The van der Waals surface area contributed by atoms with Crippen LogP contribution in [0.25, 0.3) is 0 Å². The normalized spacial score (nSPS) is 13.6. The Bertz CT molecular complexity index is 207. The zero-order chi connectivity index (χ0) is 12.6.